The van der Waals surface area contributed by atoms with Crippen molar-refractivity contribution in [1.29, 1.82) is 0 Å². The molecule has 0 heterocycles. The summed E-state index contributed by atoms with van der Waals surface area (Å²) >= 11 is 1.48. The van der Waals surface area contributed by atoms with Crippen LogP contribution in [0.1, 0.15) is 20.7 Å². The zero-order chi connectivity index (χ0) is 18.4. The fraction of sp³-hybridized carbons (Fsp3) is 0.222. The van der Waals surface area contributed by atoms with Crippen LogP contribution in [0.25, 0.3) is 0 Å². The second-order valence-electron chi connectivity index (χ2n) is 4.99. The summed E-state index contributed by atoms with van der Waals surface area (Å²) in [6, 6.07) is 10.4. The first-order valence-corrected chi connectivity index (χ1v) is 8.70. The standard InChI is InChI=1S/C18H20N2O4S/c1-19-17(21)11-9-13(16(24-3)14(10-11)23-2)20-18(22)12-7-5-6-8-15(12)25-4/h5-10H,1-4H3,(H,19,21)(H,20,22). The van der Waals surface area contributed by atoms with Gasteiger partial charge in [-0.05, 0) is 30.5 Å². The molecule has 6 nitrogen and oxygen atoms in total. The van der Waals surface area contributed by atoms with Crippen LogP contribution in [-0.4, -0.2) is 39.3 Å². The summed E-state index contributed by atoms with van der Waals surface area (Å²) in [5, 5.41) is 5.36. The Morgan fingerprint density at radius 1 is 1.04 bits per heavy atom. The van der Waals surface area contributed by atoms with Gasteiger partial charge in [0.1, 0.15) is 0 Å². The number of anilines is 1. The van der Waals surface area contributed by atoms with E-state index in [0.717, 1.165) is 4.90 Å². The van der Waals surface area contributed by atoms with Gasteiger partial charge in [-0.3, -0.25) is 9.59 Å². The lowest BCUT2D eigenvalue weighted by molar-refractivity contribution is 0.0961. The van der Waals surface area contributed by atoms with Crippen molar-refractivity contribution in [2.24, 2.45) is 0 Å². The van der Waals surface area contributed by atoms with Crippen molar-refractivity contribution >= 4 is 29.3 Å². The van der Waals surface area contributed by atoms with Crippen LogP contribution in [0.2, 0.25) is 0 Å². The summed E-state index contributed by atoms with van der Waals surface area (Å²) in [5.41, 5.74) is 1.26. The molecule has 0 unspecified atom stereocenters. The molecule has 0 spiro atoms. The van der Waals surface area contributed by atoms with E-state index in [9.17, 15) is 9.59 Å². The largest absolute Gasteiger partial charge is 0.493 e. The molecule has 132 valence electrons. The Balaban J connectivity index is 2.46. The van der Waals surface area contributed by atoms with E-state index in [-0.39, 0.29) is 11.8 Å². The molecule has 25 heavy (non-hydrogen) atoms. The van der Waals surface area contributed by atoms with E-state index < -0.39 is 0 Å². The first-order valence-electron chi connectivity index (χ1n) is 7.48. The highest BCUT2D eigenvalue weighted by Gasteiger charge is 2.19. The predicted octanol–water partition coefficient (Wildman–Crippen LogP) is 3.04. The number of carbonyl (C=O) groups excluding carboxylic acids is 2. The average molecular weight is 360 g/mol. The number of carbonyl (C=O) groups is 2. The van der Waals surface area contributed by atoms with Gasteiger partial charge in [-0.2, -0.15) is 0 Å². The third-order valence-corrected chi connectivity index (χ3v) is 4.36. The van der Waals surface area contributed by atoms with Gasteiger partial charge in [-0.1, -0.05) is 12.1 Å². The van der Waals surface area contributed by atoms with Crippen molar-refractivity contribution in [3.63, 3.8) is 0 Å². The van der Waals surface area contributed by atoms with Crippen LogP contribution in [-0.2, 0) is 0 Å². The van der Waals surface area contributed by atoms with Crippen LogP contribution in [0.3, 0.4) is 0 Å². The molecule has 0 aliphatic carbocycles. The van der Waals surface area contributed by atoms with E-state index in [1.54, 1.807) is 24.3 Å². The number of methoxy groups -OCH3 is 2. The number of nitrogens with one attached hydrogen (secondary N) is 2. The van der Waals surface area contributed by atoms with Gasteiger partial charge in [0.15, 0.2) is 11.5 Å². The molecule has 0 bridgehead atoms. The van der Waals surface area contributed by atoms with Crippen LogP contribution in [0.4, 0.5) is 5.69 Å². The van der Waals surface area contributed by atoms with Crippen molar-refractivity contribution in [1.82, 2.24) is 5.32 Å². The van der Waals surface area contributed by atoms with E-state index in [1.165, 1.54) is 33.0 Å². The van der Waals surface area contributed by atoms with Crippen molar-refractivity contribution in [3.8, 4) is 11.5 Å². The van der Waals surface area contributed by atoms with E-state index >= 15 is 0 Å². The lowest BCUT2D eigenvalue weighted by Gasteiger charge is -2.16. The van der Waals surface area contributed by atoms with E-state index in [2.05, 4.69) is 10.6 Å². The van der Waals surface area contributed by atoms with Crippen LogP contribution >= 0.6 is 11.8 Å². The zero-order valence-electron chi connectivity index (χ0n) is 14.5. The first-order chi connectivity index (χ1) is 12.0. The maximum absolute atomic E-state index is 12.7. The van der Waals surface area contributed by atoms with E-state index in [1.807, 2.05) is 18.4 Å². The molecule has 2 aromatic rings. The molecule has 0 fully saturated rings. The van der Waals surface area contributed by atoms with Crippen LogP contribution < -0.4 is 20.1 Å². The maximum Gasteiger partial charge on any atom is 0.256 e. The van der Waals surface area contributed by atoms with Gasteiger partial charge in [0.05, 0.1) is 25.5 Å². The summed E-state index contributed by atoms with van der Waals surface area (Å²) in [6.45, 7) is 0. The number of benzene rings is 2. The molecule has 0 radical (unpaired) electrons. The minimum atomic E-state index is -0.292. The van der Waals surface area contributed by atoms with Gasteiger partial charge in [-0.25, -0.2) is 0 Å². The minimum Gasteiger partial charge on any atom is -0.493 e. The topological polar surface area (TPSA) is 76.7 Å². The van der Waals surface area contributed by atoms with Gasteiger partial charge in [-0.15, -0.1) is 11.8 Å². The van der Waals surface area contributed by atoms with E-state index in [0.29, 0.717) is 28.3 Å². The molecular weight excluding hydrogens is 340 g/mol. The fourth-order valence-corrected chi connectivity index (χ4v) is 2.95. The van der Waals surface area contributed by atoms with Crippen LogP contribution in [0.15, 0.2) is 41.3 Å². The highest BCUT2D eigenvalue weighted by atomic mass is 32.2. The molecule has 2 aromatic carbocycles. The highest BCUT2D eigenvalue weighted by molar-refractivity contribution is 7.98. The van der Waals surface area contributed by atoms with Crippen molar-refractivity contribution < 1.29 is 19.1 Å². The molecule has 0 atom stereocenters. The van der Waals surface area contributed by atoms with Crippen molar-refractivity contribution in [3.05, 3.63) is 47.5 Å². The molecule has 0 aliphatic rings. The van der Waals surface area contributed by atoms with E-state index in [4.69, 9.17) is 9.47 Å². The summed E-state index contributed by atoms with van der Waals surface area (Å²) in [7, 11) is 4.48. The quantitative estimate of drug-likeness (QED) is 0.775. The van der Waals surface area contributed by atoms with Gasteiger partial charge in [0.25, 0.3) is 11.8 Å². The Bertz CT molecular complexity index is 793. The van der Waals surface area contributed by atoms with Crippen LogP contribution in [0, 0.1) is 0 Å². The summed E-state index contributed by atoms with van der Waals surface area (Å²) in [4.78, 5) is 25.5. The molecular formula is C18H20N2O4S. The van der Waals surface area contributed by atoms with Crippen molar-refractivity contribution in [2.45, 2.75) is 4.90 Å². The molecule has 0 saturated heterocycles. The van der Waals surface area contributed by atoms with Gasteiger partial charge in [0, 0.05) is 17.5 Å². The minimum absolute atomic E-state index is 0.291. The van der Waals surface area contributed by atoms with Gasteiger partial charge in [0.2, 0.25) is 0 Å². The molecule has 7 heteroatoms. The maximum atomic E-state index is 12.7. The third kappa shape index (κ3) is 4.06. The molecule has 0 aliphatic heterocycles. The Hall–Kier alpha value is -2.67. The second-order valence-corrected chi connectivity index (χ2v) is 5.84. The Kier molecular flexibility index (Phi) is 6.30. The van der Waals surface area contributed by atoms with Crippen molar-refractivity contribution in [2.75, 3.05) is 32.8 Å². The van der Waals surface area contributed by atoms with Gasteiger partial charge >= 0.3 is 0 Å². The average Bonchev–Trinajstić information content (AvgIpc) is 2.66. The van der Waals surface area contributed by atoms with Crippen LogP contribution in [0.5, 0.6) is 11.5 Å². The molecule has 2 N–H and O–H groups in total. The smallest absolute Gasteiger partial charge is 0.256 e. The molecule has 0 saturated carbocycles. The SMILES string of the molecule is CNC(=O)c1cc(NC(=O)c2ccccc2SC)c(OC)c(OC)c1. The first kappa shape index (κ1) is 18.7. The van der Waals surface area contributed by atoms with Gasteiger partial charge < -0.3 is 20.1 Å². The number of hydrogen-bond donors (Lipinski definition) is 2. The molecule has 2 amide bonds. The zero-order valence-corrected chi connectivity index (χ0v) is 15.3. The molecule has 0 aromatic heterocycles. The number of thioether (sulfide) groups is 1. The normalized spacial score (nSPS) is 10.1. The lowest BCUT2D eigenvalue weighted by atomic mass is 10.1. The monoisotopic (exact) mass is 360 g/mol. The number of hydrogen-bond acceptors (Lipinski definition) is 5. The Labute approximate surface area is 150 Å². The Morgan fingerprint density at radius 2 is 1.76 bits per heavy atom. The summed E-state index contributed by atoms with van der Waals surface area (Å²) in [5.74, 6) is 0.127. The number of ether oxygens (including phenoxy) is 2. The molecule has 2 rings (SSSR count). The summed E-state index contributed by atoms with van der Waals surface area (Å²) in [6.07, 6.45) is 1.90. The highest BCUT2D eigenvalue weighted by Crippen LogP contribution is 2.37. The number of rotatable bonds is 6. The fourth-order valence-electron chi connectivity index (χ4n) is 2.35. The third-order valence-electron chi connectivity index (χ3n) is 3.57. The lowest BCUT2D eigenvalue weighted by Crippen LogP contribution is -2.19. The second kappa shape index (κ2) is 8.43. The Morgan fingerprint density at radius 3 is 2.36 bits per heavy atom. The predicted molar refractivity (Wildman–Crippen MR) is 99.1 cm³/mol. The summed E-state index contributed by atoms with van der Waals surface area (Å²) < 4.78 is 10.6. The number of amides is 2.